The largest absolute Gasteiger partial charge is 0.335 e. The minimum Gasteiger partial charge on any atom is -0.335 e. The Morgan fingerprint density at radius 3 is 2.61 bits per heavy atom. The molecule has 3 rings (SSSR count). The van der Waals surface area contributed by atoms with E-state index in [4.69, 9.17) is 0 Å². The molecule has 0 spiro atoms. The van der Waals surface area contributed by atoms with Crippen LogP contribution in [0.4, 0.5) is 4.79 Å². The van der Waals surface area contributed by atoms with E-state index in [1.54, 1.807) is 15.9 Å². The van der Waals surface area contributed by atoms with Gasteiger partial charge in [0, 0.05) is 45.0 Å². The van der Waals surface area contributed by atoms with E-state index >= 15 is 0 Å². The van der Waals surface area contributed by atoms with Gasteiger partial charge in [0.25, 0.3) is 5.91 Å². The number of hydrogen-bond acceptors (Lipinski definition) is 3. The number of amides is 3. The highest BCUT2D eigenvalue weighted by molar-refractivity contribution is 5.92. The van der Waals surface area contributed by atoms with Crippen LogP contribution in [-0.4, -0.2) is 64.2 Å². The average Bonchev–Trinajstić information content (AvgIpc) is 3.03. The summed E-state index contributed by atoms with van der Waals surface area (Å²) in [7, 11) is 0. The minimum atomic E-state index is -0.102. The van der Waals surface area contributed by atoms with Crippen LogP contribution in [-0.2, 0) is 13.0 Å². The molecule has 2 aliphatic rings. The maximum absolute atomic E-state index is 12.6. The van der Waals surface area contributed by atoms with Crippen molar-refractivity contribution in [2.75, 3.05) is 32.7 Å². The molecule has 3 amide bonds. The van der Waals surface area contributed by atoms with Crippen molar-refractivity contribution in [3.63, 3.8) is 0 Å². The lowest BCUT2D eigenvalue weighted by Gasteiger charge is -2.34. The second-order valence-corrected chi connectivity index (χ2v) is 5.96. The SMILES string of the molecule is C=CCNC(=O)N1CCN(C(=O)c2cc3n(n2)CCCC3)CC1. The Morgan fingerprint density at radius 2 is 1.91 bits per heavy atom. The molecule has 1 fully saturated rings. The molecule has 7 heteroatoms. The first-order valence-electron chi connectivity index (χ1n) is 8.18. The molecular formula is C16H23N5O2. The molecule has 1 saturated heterocycles. The van der Waals surface area contributed by atoms with E-state index in [1.807, 2.05) is 10.7 Å². The van der Waals surface area contributed by atoms with Gasteiger partial charge in [-0.3, -0.25) is 9.48 Å². The summed E-state index contributed by atoms with van der Waals surface area (Å²) in [5, 5.41) is 7.20. The van der Waals surface area contributed by atoms with Gasteiger partial charge in [-0.25, -0.2) is 4.79 Å². The van der Waals surface area contributed by atoms with Crippen LogP contribution in [0.2, 0.25) is 0 Å². The van der Waals surface area contributed by atoms with Crippen LogP contribution >= 0.6 is 0 Å². The number of nitrogens with zero attached hydrogens (tertiary/aromatic N) is 4. The van der Waals surface area contributed by atoms with E-state index in [0.29, 0.717) is 38.4 Å². The van der Waals surface area contributed by atoms with Crippen molar-refractivity contribution in [1.29, 1.82) is 0 Å². The van der Waals surface area contributed by atoms with Crippen molar-refractivity contribution < 1.29 is 9.59 Å². The predicted octanol–water partition coefficient (Wildman–Crippen LogP) is 0.873. The second kappa shape index (κ2) is 6.85. The molecule has 0 atom stereocenters. The molecule has 23 heavy (non-hydrogen) atoms. The molecule has 0 saturated carbocycles. The highest BCUT2D eigenvalue weighted by Crippen LogP contribution is 2.17. The fraction of sp³-hybridized carbons (Fsp3) is 0.562. The van der Waals surface area contributed by atoms with E-state index in [2.05, 4.69) is 17.0 Å². The molecule has 0 aliphatic carbocycles. The standard InChI is InChI=1S/C16H23N5O2/c1-2-6-17-16(23)20-10-8-19(9-11-20)15(22)14-12-13-5-3-4-7-21(13)18-14/h2,12H,1,3-11H2,(H,17,23). The first-order chi connectivity index (χ1) is 11.2. The van der Waals surface area contributed by atoms with Gasteiger partial charge in [0.1, 0.15) is 0 Å². The number of aromatic nitrogens is 2. The third-order valence-electron chi connectivity index (χ3n) is 4.39. The number of rotatable bonds is 3. The lowest BCUT2D eigenvalue weighted by Crippen LogP contribution is -2.53. The number of urea groups is 1. The van der Waals surface area contributed by atoms with E-state index in [1.165, 1.54) is 0 Å². The van der Waals surface area contributed by atoms with E-state index < -0.39 is 0 Å². The molecule has 2 aliphatic heterocycles. The number of piperazine rings is 1. The molecule has 1 aromatic rings. The van der Waals surface area contributed by atoms with Crippen LogP contribution in [0.1, 0.15) is 29.0 Å². The van der Waals surface area contributed by atoms with Crippen molar-refractivity contribution in [3.8, 4) is 0 Å². The monoisotopic (exact) mass is 317 g/mol. The van der Waals surface area contributed by atoms with Gasteiger partial charge in [0.2, 0.25) is 0 Å². The van der Waals surface area contributed by atoms with Crippen molar-refractivity contribution in [2.45, 2.75) is 25.8 Å². The quantitative estimate of drug-likeness (QED) is 0.841. The third-order valence-corrected chi connectivity index (χ3v) is 4.39. The van der Waals surface area contributed by atoms with Crippen molar-refractivity contribution in [3.05, 3.63) is 30.1 Å². The van der Waals surface area contributed by atoms with Crippen LogP contribution in [0, 0.1) is 0 Å². The van der Waals surface area contributed by atoms with Gasteiger partial charge >= 0.3 is 6.03 Å². The van der Waals surface area contributed by atoms with Crippen LogP contribution in [0.15, 0.2) is 18.7 Å². The van der Waals surface area contributed by atoms with E-state index in [9.17, 15) is 9.59 Å². The predicted molar refractivity (Wildman–Crippen MR) is 86.2 cm³/mol. The molecule has 1 N–H and O–H groups in total. The van der Waals surface area contributed by atoms with Crippen molar-refractivity contribution >= 4 is 11.9 Å². The van der Waals surface area contributed by atoms with Gasteiger partial charge in [-0.15, -0.1) is 6.58 Å². The third kappa shape index (κ3) is 3.38. The lowest BCUT2D eigenvalue weighted by molar-refractivity contribution is 0.0659. The Balaban J connectivity index is 1.57. The number of carbonyl (C=O) groups excluding carboxylic acids is 2. The zero-order valence-corrected chi connectivity index (χ0v) is 13.3. The molecule has 7 nitrogen and oxygen atoms in total. The summed E-state index contributed by atoms with van der Waals surface area (Å²) < 4.78 is 1.95. The van der Waals surface area contributed by atoms with Gasteiger partial charge < -0.3 is 15.1 Å². The topological polar surface area (TPSA) is 70.5 Å². The number of carbonyl (C=O) groups is 2. The molecule has 0 bridgehead atoms. The zero-order chi connectivity index (χ0) is 16.2. The zero-order valence-electron chi connectivity index (χ0n) is 13.3. The van der Waals surface area contributed by atoms with Gasteiger partial charge in [-0.1, -0.05) is 6.08 Å². The Morgan fingerprint density at radius 1 is 1.17 bits per heavy atom. The van der Waals surface area contributed by atoms with Crippen molar-refractivity contribution in [1.82, 2.24) is 24.9 Å². The van der Waals surface area contributed by atoms with Crippen LogP contribution in [0.3, 0.4) is 0 Å². The average molecular weight is 317 g/mol. The van der Waals surface area contributed by atoms with E-state index in [0.717, 1.165) is 31.5 Å². The maximum atomic E-state index is 12.6. The van der Waals surface area contributed by atoms with Gasteiger partial charge in [-0.05, 0) is 25.3 Å². The highest BCUT2D eigenvalue weighted by Gasteiger charge is 2.26. The first kappa shape index (κ1) is 15.6. The molecule has 1 aromatic heterocycles. The van der Waals surface area contributed by atoms with Crippen LogP contribution in [0.25, 0.3) is 0 Å². The molecule has 3 heterocycles. The first-order valence-corrected chi connectivity index (χ1v) is 8.18. The summed E-state index contributed by atoms with van der Waals surface area (Å²) >= 11 is 0. The normalized spacial score (nSPS) is 17.6. The number of nitrogens with one attached hydrogen (secondary N) is 1. The summed E-state index contributed by atoms with van der Waals surface area (Å²) in [6, 6.07) is 1.82. The molecular weight excluding hydrogens is 294 g/mol. The molecule has 124 valence electrons. The van der Waals surface area contributed by atoms with Crippen LogP contribution < -0.4 is 5.32 Å². The summed E-state index contributed by atoms with van der Waals surface area (Å²) in [5.74, 6) is -0.0296. The summed E-state index contributed by atoms with van der Waals surface area (Å²) in [6.45, 7) is 7.11. The van der Waals surface area contributed by atoms with Gasteiger partial charge in [0.15, 0.2) is 5.69 Å². The van der Waals surface area contributed by atoms with Crippen LogP contribution in [0.5, 0.6) is 0 Å². The smallest absolute Gasteiger partial charge is 0.317 e. The summed E-state index contributed by atoms with van der Waals surface area (Å²) in [5.41, 5.74) is 1.69. The van der Waals surface area contributed by atoms with Gasteiger partial charge in [0.05, 0.1) is 0 Å². The van der Waals surface area contributed by atoms with Crippen molar-refractivity contribution in [2.24, 2.45) is 0 Å². The lowest BCUT2D eigenvalue weighted by atomic mass is 10.1. The Bertz CT molecular complexity index is 578. The Labute approximate surface area is 135 Å². The molecule has 0 aromatic carbocycles. The van der Waals surface area contributed by atoms with Gasteiger partial charge in [-0.2, -0.15) is 5.10 Å². The summed E-state index contributed by atoms with van der Waals surface area (Å²) in [6.07, 6.45) is 4.94. The summed E-state index contributed by atoms with van der Waals surface area (Å²) in [4.78, 5) is 28.0. The Kier molecular flexibility index (Phi) is 4.64. The molecule has 0 unspecified atom stereocenters. The highest BCUT2D eigenvalue weighted by atomic mass is 16.2. The minimum absolute atomic E-state index is 0.0296. The number of fused-ring (bicyclic) bond motifs is 1. The van der Waals surface area contributed by atoms with E-state index in [-0.39, 0.29) is 11.9 Å². The maximum Gasteiger partial charge on any atom is 0.317 e. The second-order valence-electron chi connectivity index (χ2n) is 5.96. The number of aryl methyl sites for hydroxylation is 2. The Hall–Kier alpha value is -2.31. The number of hydrogen-bond donors (Lipinski definition) is 1. The fourth-order valence-electron chi connectivity index (χ4n) is 3.07. The molecule has 0 radical (unpaired) electrons. The fourth-order valence-corrected chi connectivity index (χ4v) is 3.07.